The molecule has 0 aliphatic carbocycles. The smallest absolute Gasteiger partial charge is 0.216 e. The Bertz CT molecular complexity index is 608. The molecule has 0 aliphatic rings. The molecule has 0 spiro atoms. The Labute approximate surface area is 174 Å². The zero-order chi connectivity index (χ0) is 20.5. The lowest BCUT2D eigenvalue weighted by Gasteiger charge is -2.47. The maximum Gasteiger partial charge on any atom is 0.216 e. The summed E-state index contributed by atoms with van der Waals surface area (Å²) in [4.78, 5) is 0. The van der Waals surface area contributed by atoms with Gasteiger partial charge >= 0.3 is 0 Å². The van der Waals surface area contributed by atoms with E-state index in [2.05, 4.69) is 95.8 Å². The molecule has 0 unspecified atom stereocenters. The number of rotatable bonds is 12. The van der Waals surface area contributed by atoms with E-state index < -0.39 is 0 Å². The van der Waals surface area contributed by atoms with E-state index in [1.165, 1.54) is 49.7 Å². The Kier molecular flexibility index (Phi) is 8.72. The molecule has 0 aromatic heterocycles. The SMILES string of the molecule is CCCCCCCC([N+](C)(C)Cc1ccccc1)[N+](C)(C)Cc1ccccc1. The molecule has 2 nitrogen and oxygen atoms in total. The van der Waals surface area contributed by atoms with Gasteiger partial charge in [0.2, 0.25) is 6.17 Å². The molecule has 0 heterocycles. The van der Waals surface area contributed by atoms with Crippen LogP contribution in [-0.2, 0) is 13.1 Å². The standard InChI is InChI=1S/C26H42N2/c1-6-7-8-9-16-21-26(27(2,3)22-24-17-12-10-13-18-24)28(4,5)23-25-19-14-11-15-20-25/h10-15,17-20,26H,6-9,16,21-23H2,1-5H3/q+2. The Morgan fingerprint density at radius 3 is 1.46 bits per heavy atom. The highest BCUT2D eigenvalue weighted by Gasteiger charge is 2.41. The van der Waals surface area contributed by atoms with E-state index >= 15 is 0 Å². The first kappa shape index (κ1) is 22.6. The van der Waals surface area contributed by atoms with Gasteiger partial charge in [-0.15, -0.1) is 0 Å². The third kappa shape index (κ3) is 7.07. The molecule has 2 heteroatoms. The van der Waals surface area contributed by atoms with Crippen molar-refractivity contribution in [2.45, 2.75) is 64.7 Å². The van der Waals surface area contributed by atoms with E-state index in [4.69, 9.17) is 0 Å². The molecule has 0 N–H and O–H groups in total. The molecule has 0 saturated carbocycles. The zero-order valence-corrected chi connectivity index (χ0v) is 18.9. The molecule has 0 aliphatic heterocycles. The van der Waals surface area contributed by atoms with E-state index in [1.807, 2.05) is 0 Å². The van der Waals surface area contributed by atoms with Crippen LogP contribution in [0.1, 0.15) is 56.6 Å². The highest BCUT2D eigenvalue weighted by molar-refractivity contribution is 5.14. The van der Waals surface area contributed by atoms with Crippen LogP contribution in [0.3, 0.4) is 0 Å². The monoisotopic (exact) mass is 382 g/mol. The zero-order valence-electron chi connectivity index (χ0n) is 18.9. The van der Waals surface area contributed by atoms with Crippen LogP contribution in [0, 0.1) is 0 Å². The fraction of sp³-hybridized carbons (Fsp3) is 0.538. The highest BCUT2D eigenvalue weighted by atomic mass is 15.5. The lowest BCUT2D eigenvalue weighted by Crippen LogP contribution is -2.63. The van der Waals surface area contributed by atoms with E-state index in [9.17, 15) is 0 Å². The Balaban J connectivity index is 2.16. The molecular weight excluding hydrogens is 340 g/mol. The summed E-state index contributed by atoms with van der Waals surface area (Å²) in [6, 6.07) is 22.0. The number of benzene rings is 2. The average molecular weight is 383 g/mol. The van der Waals surface area contributed by atoms with Crippen molar-refractivity contribution >= 4 is 0 Å². The van der Waals surface area contributed by atoms with Gasteiger partial charge in [0.1, 0.15) is 13.1 Å². The second-order valence-corrected chi connectivity index (χ2v) is 9.53. The van der Waals surface area contributed by atoms with Gasteiger partial charge in [0, 0.05) is 11.1 Å². The molecule has 0 amide bonds. The summed E-state index contributed by atoms with van der Waals surface area (Å²) < 4.78 is 2.05. The minimum Gasteiger partial charge on any atom is -0.276 e. The summed E-state index contributed by atoms with van der Waals surface area (Å²) in [7, 11) is 9.70. The van der Waals surface area contributed by atoms with E-state index in [0.29, 0.717) is 6.17 Å². The van der Waals surface area contributed by atoms with Crippen molar-refractivity contribution in [1.82, 2.24) is 0 Å². The first-order valence-electron chi connectivity index (χ1n) is 11.1. The van der Waals surface area contributed by atoms with Crippen LogP contribution in [-0.4, -0.2) is 43.3 Å². The van der Waals surface area contributed by atoms with Gasteiger partial charge in [0.25, 0.3) is 0 Å². The summed E-state index contributed by atoms with van der Waals surface area (Å²) >= 11 is 0. The predicted octanol–water partition coefficient (Wildman–Crippen LogP) is 6.23. The molecule has 2 aromatic rings. The lowest BCUT2D eigenvalue weighted by molar-refractivity contribution is -1.12. The van der Waals surface area contributed by atoms with Gasteiger partial charge in [-0.2, -0.15) is 0 Å². The number of unbranched alkanes of at least 4 members (excludes halogenated alkanes) is 4. The third-order valence-electron chi connectivity index (χ3n) is 6.05. The van der Waals surface area contributed by atoms with Crippen LogP contribution in [0.15, 0.2) is 60.7 Å². The molecule has 0 atom stereocenters. The van der Waals surface area contributed by atoms with E-state index in [-0.39, 0.29) is 0 Å². The van der Waals surface area contributed by atoms with Crippen LogP contribution in [0.2, 0.25) is 0 Å². The van der Waals surface area contributed by atoms with Crippen LogP contribution in [0.25, 0.3) is 0 Å². The number of hydrogen-bond acceptors (Lipinski definition) is 0. The van der Waals surface area contributed by atoms with Crippen molar-refractivity contribution < 1.29 is 8.97 Å². The maximum absolute atomic E-state index is 2.43. The fourth-order valence-corrected chi connectivity index (χ4v) is 4.79. The largest absolute Gasteiger partial charge is 0.276 e. The van der Waals surface area contributed by atoms with Gasteiger partial charge in [0.05, 0.1) is 34.6 Å². The first-order valence-corrected chi connectivity index (χ1v) is 11.1. The van der Waals surface area contributed by atoms with Gasteiger partial charge in [-0.3, -0.25) is 8.97 Å². The normalized spacial score (nSPS) is 12.5. The highest BCUT2D eigenvalue weighted by Crippen LogP contribution is 2.27. The van der Waals surface area contributed by atoms with Crippen molar-refractivity contribution in [2.24, 2.45) is 0 Å². The topological polar surface area (TPSA) is 0 Å². The second kappa shape index (κ2) is 10.8. The lowest BCUT2D eigenvalue weighted by atomic mass is 10.0. The van der Waals surface area contributed by atoms with Crippen LogP contribution in [0.4, 0.5) is 0 Å². The Morgan fingerprint density at radius 2 is 1.04 bits per heavy atom. The second-order valence-electron chi connectivity index (χ2n) is 9.53. The van der Waals surface area contributed by atoms with Gasteiger partial charge in [-0.05, 0) is 6.42 Å². The van der Waals surface area contributed by atoms with Gasteiger partial charge in [-0.1, -0.05) is 93.3 Å². The summed E-state index contributed by atoms with van der Waals surface area (Å²) in [6.07, 6.45) is 8.61. The van der Waals surface area contributed by atoms with Crippen LogP contribution < -0.4 is 0 Å². The molecule has 2 rings (SSSR count). The molecule has 154 valence electrons. The molecular formula is C26H42N2+2. The van der Waals surface area contributed by atoms with Crippen molar-refractivity contribution in [1.29, 1.82) is 0 Å². The van der Waals surface area contributed by atoms with Crippen molar-refractivity contribution in [3.63, 3.8) is 0 Å². The van der Waals surface area contributed by atoms with E-state index in [0.717, 1.165) is 22.1 Å². The molecule has 0 saturated heterocycles. The quantitative estimate of drug-likeness (QED) is 0.232. The number of quaternary nitrogens is 2. The third-order valence-corrected chi connectivity index (χ3v) is 6.05. The summed E-state index contributed by atoms with van der Waals surface area (Å²) in [5.41, 5.74) is 2.87. The minimum atomic E-state index is 0.571. The predicted molar refractivity (Wildman–Crippen MR) is 122 cm³/mol. The van der Waals surface area contributed by atoms with Crippen LogP contribution >= 0.6 is 0 Å². The molecule has 0 radical (unpaired) electrons. The van der Waals surface area contributed by atoms with Gasteiger partial charge in [-0.25, -0.2) is 0 Å². The van der Waals surface area contributed by atoms with Gasteiger partial charge < -0.3 is 0 Å². The molecule has 0 bridgehead atoms. The Morgan fingerprint density at radius 1 is 0.607 bits per heavy atom. The van der Waals surface area contributed by atoms with Crippen LogP contribution in [0.5, 0.6) is 0 Å². The van der Waals surface area contributed by atoms with Gasteiger partial charge in [0.15, 0.2) is 0 Å². The summed E-state index contributed by atoms with van der Waals surface area (Å²) in [5, 5.41) is 0. The van der Waals surface area contributed by atoms with Crippen molar-refractivity contribution in [3.05, 3.63) is 71.8 Å². The Hall–Kier alpha value is -1.64. The summed E-state index contributed by atoms with van der Waals surface area (Å²) in [5.74, 6) is 0. The average Bonchev–Trinajstić information content (AvgIpc) is 2.65. The first-order chi connectivity index (χ1) is 13.3. The molecule has 0 fully saturated rings. The molecule has 2 aromatic carbocycles. The summed E-state index contributed by atoms with van der Waals surface area (Å²) in [6.45, 7) is 4.45. The number of hydrogen-bond donors (Lipinski definition) is 0. The van der Waals surface area contributed by atoms with Crippen molar-refractivity contribution in [2.75, 3.05) is 28.2 Å². The maximum atomic E-state index is 2.43. The van der Waals surface area contributed by atoms with Crippen molar-refractivity contribution in [3.8, 4) is 0 Å². The fourth-order valence-electron chi connectivity index (χ4n) is 4.79. The van der Waals surface area contributed by atoms with E-state index in [1.54, 1.807) is 0 Å². The number of nitrogens with zero attached hydrogens (tertiary/aromatic N) is 2. The minimum absolute atomic E-state index is 0.571. The molecule has 28 heavy (non-hydrogen) atoms.